The van der Waals surface area contributed by atoms with Crippen molar-refractivity contribution in [1.29, 1.82) is 0 Å². The fourth-order valence-corrected chi connectivity index (χ4v) is 2.82. The van der Waals surface area contributed by atoms with Gasteiger partial charge in [0, 0.05) is 18.6 Å². The first kappa shape index (κ1) is 13.6. The molecule has 0 bridgehead atoms. The third-order valence-corrected chi connectivity index (χ3v) is 4.13. The summed E-state index contributed by atoms with van der Waals surface area (Å²) in [4.78, 5) is 0. The van der Waals surface area contributed by atoms with E-state index in [-0.39, 0.29) is 0 Å². The predicted molar refractivity (Wildman–Crippen MR) is 77.8 cm³/mol. The molecule has 1 heterocycles. The Balaban J connectivity index is 2.04. The molecule has 1 aliphatic rings. The van der Waals surface area contributed by atoms with E-state index in [1.807, 2.05) is 0 Å². The summed E-state index contributed by atoms with van der Waals surface area (Å²) in [5, 5.41) is 7.30. The van der Waals surface area contributed by atoms with Crippen molar-refractivity contribution in [2.75, 3.05) is 13.1 Å². The van der Waals surface area contributed by atoms with Crippen molar-refractivity contribution in [2.45, 2.75) is 46.2 Å². The normalized spacial score (nSPS) is 24.8. The lowest BCUT2D eigenvalue weighted by Gasteiger charge is -2.41. The van der Waals surface area contributed by atoms with Gasteiger partial charge in [0.05, 0.1) is 0 Å². The van der Waals surface area contributed by atoms with Gasteiger partial charge in [-0.1, -0.05) is 43.7 Å². The van der Waals surface area contributed by atoms with Crippen molar-refractivity contribution in [3.05, 3.63) is 35.4 Å². The molecule has 1 unspecified atom stereocenters. The van der Waals surface area contributed by atoms with E-state index in [1.54, 1.807) is 0 Å². The van der Waals surface area contributed by atoms with Crippen LogP contribution in [0, 0.1) is 12.3 Å². The standard InChI is InChI=1S/C16H26N2/c1-12-6-5-7-14(10-12)13(2)18-15-8-9-17-11-16(15,3)4/h5-7,10,13,15,17-18H,8-9,11H2,1-4H3/t13-,15?/m0/s1. The van der Waals surface area contributed by atoms with Crippen LogP contribution in [-0.2, 0) is 0 Å². The SMILES string of the molecule is Cc1cccc([C@H](C)NC2CCNCC2(C)C)c1. The van der Waals surface area contributed by atoms with Gasteiger partial charge in [0.25, 0.3) is 0 Å². The second-order valence-electron chi connectivity index (χ2n) is 6.31. The molecule has 1 aliphatic heterocycles. The first-order valence-corrected chi connectivity index (χ1v) is 7.02. The molecule has 2 nitrogen and oxygen atoms in total. The van der Waals surface area contributed by atoms with E-state index in [4.69, 9.17) is 0 Å². The third kappa shape index (κ3) is 3.12. The van der Waals surface area contributed by atoms with Gasteiger partial charge >= 0.3 is 0 Å². The Labute approximate surface area is 111 Å². The molecule has 0 aliphatic carbocycles. The summed E-state index contributed by atoms with van der Waals surface area (Å²) in [7, 11) is 0. The van der Waals surface area contributed by atoms with Crippen LogP contribution in [0.3, 0.4) is 0 Å². The molecule has 1 aromatic rings. The molecule has 0 amide bonds. The zero-order valence-corrected chi connectivity index (χ0v) is 12.1. The third-order valence-electron chi connectivity index (χ3n) is 4.13. The van der Waals surface area contributed by atoms with Crippen molar-refractivity contribution in [1.82, 2.24) is 10.6 Å². The summed E-state index contributed by atoms with van der Waals surface area (Å²) in [5.74, 6) is 0. The van der Waals surface area contributed by atoms with E-state index in [9.17, 15) is 0 Å². The fourth-order valence-electron chi connectivity index (χ4n) is 2.82. The lowest BCUT2D eigenvalue weighted by atomic mass is 9.79. The van der Waals surface area contributed by atoms with E-state index >= 15 is 0 Å². The van der Waals surface area contributed by atoms with E-state index in [2.05, 4.69) is 62.6 Å². The monoisotopic (exact) mass is 246 g/mol. The number of hydrogen-bond donors (Lipinski definition) is 2. The minimum absolute atomic E-state index is 0.330. The molecular weight excluding hydrogens is 220 g/mol. The Bertz CT molecular complexity index is 398. The second kappa shape index (κ2) is 5.41. The van der Waals surface area contributed by atoms with E-state index in [0.717, 1.165) is 13.1 Å². The van der Waals surface area contributed by atoms with Crippen LogP contribution in [0.15, 0.2) is 24.3 Å². The van der Waals surface area contributed by atoms with Crippen molar-refractivity contribution in [2.24, 2.45) is 5.41 Å². The Morgan fingerprint density at radius 2 is 2.17 bits per heavy atom. The average Bonchev–Trinajstić information content (AvgIpc) is 2.31. The minimum Gasteiger partial charge on any atom is -0.316 e. The van der Waals surface area contributed by atoms with Gasteiger partial charge in [0.15, 0.2) is 0 Å². The largest absolute Gasteiger partial charge is 0.316 e. The summed E-state index contributed by atoms with van der Waals surface area (Å²) in [5.41, 5.74) is 3.06. The van der Waals surface area contributed by atoms with Gasteiger partial charge in [-0.15, -0.1) is 0 Å². The van der Waals surface area contributed by atoms with E-state index in [0.29, 0.717) is 17.5 Å². The first-order chi connectivity index (χ1) is 8.49. The van der Waals surface area contributed by atoms with Crippen LogP contribution in [0.5, 0.6) is 0 Å². The molecule has 0 saturated carbocycles. The topological polar surface area (TPSA) is 24.1 Å². The van der Waals surface area contributed by atoms with Crippen LogP contribution in [0.4, 0.5) is 0 Å². The maximum atomic E-state index is 3.81. The maximum absolute atomic E-state index is 3.81. The zero-order chi connectivity index (χ0) is 13.2. The van der Waals surface area contributed by atoms with Crippen LogP contribution in [0.25, 0.3) is 0 Å². The maximum Gasteiger partial charge on any atom is 0.0294 e. The molecule has 2 rings (SSSR count). The van der Waals surface area contributed by atoms with Crippen LogP contribution < -0.4 is 10.6 Å². The fraction of sp³-hybridized carbons (Fsp3) is 0.625. The molecule has 2 atom stereocenters. The Kier molecular flexibility index (Phi) is 4.08. The molecule has 1 saturated heterocycles. The molecule has 18 heavy (non-hydrogen) atoms. The second-order valence-corrected chi connectivity index (χ2v) is 6.31. The van der Waals surface area contributed by atoms with E-state index in [1.165, 1.54) is 17.5 Å². The molecule has 2 N–H and O–H groups in total. The van der Waals surface area contributed by atoms with Gasteiger partial charge in [-0.3, -0.25) is 0 Å². The van der Waals surface area contributed by atoms with Crippen molar-refractivity contribution >= 4 is 0 Å². The van der Waals surface area contributed by atoms with Gasteiger partial charge in [0.1, 0.15) is 0 Å². The van der Waals surface area contributed by atoms with Crippen LogP contribution in [0.2, 0.25) is 0 Å². The van der Waals surface area contributed by atoms with Crippen LogP contribution >= 0.6 is 0 Å². The predicted octanol–water partition coefficient (Wildman–Crippen LogP) is 3.03. The number of aryl methyl sites for hydroxylation is 1. The summed E-state index contributed by atoms with van der Waals surface area (Å²) in [6, 6.07) is 9.83. The lowest BCUT2D eigenvalue weighted by molar-refractivity contribution is 0.174. The summed E-state index contributed by atoms with van der Waals surface area (Å²) in [6.07, 6.45) is 1.21. The Morgan fingerprint density at radius 1 is 1.39 bits per heavy atom. The van der Waals surface area contributed by atoms with Crippen molar-refractivity contribution in [3.63, 3.8) is 0 Å². The summed E-state index contributed by atoms with van der Waals surface area (Å²) in [6.45, 7) is 11.4. The number of hydrogen-bond acceptors (Lipinski definition) is 2. The molecule has 0 radical (unpaired) electrons. The summed E-state index contributed by atoms with van der Waals surface area (Å²) < 4.78 is 0. The van der Waals surface area contributed by atoms with E-state index < -0.39 is 0 Å². The Hall–Kier alpha value is -0.860. The van der Waals surface area contributed by atoms with Crippen LogP contribution in [0.1, 0.15) is 44.4 Å². The highest BCUT2D eigenvalue weighted by atomic mass is 15.0. The highest BCUT2D eigenvalue weighted by Gasteiger charge is 2.32. The number of benzene rings is 1. The molecule has 1 aromatic carbocycles. The number of rotatable bonds is 3. The zero-order valence-electron chi connectivity index (χ0n) is 12.1. The molecular formula is C16H26N2. The smallest absolute Gasteiger partial charge is 0.0294 e. The average molecular weight is 246 g/mol. The van der Waals surface area contributed by atoms with Crippen LogP contribution in [-0.4, -0.2) is 19.1 Å². The first-order valence-electron chi connectivity index (χ1n) is 7.02. The minimum atomic E-state index is 0.330. The van der Waals surface area contributed by atoms with Crippen molar-refractivity contribution in [3.8, 4) is 0 Å². The molecule has 1 fully saturated rings. The lowest BCUT2D eigenvalue weighted by Crippen LogP contribution is -2.53. The van der Waals surface area contributed by atoms with Gasteiger partial charge in [-0.25, -0.2) is 0 Å². The van der Waals surface area contributed by atoms with Gasteiger partial charge in [-0.2, -0.15) is 0 Å². The van der Waals surface area contributed by atoms with Gasteiger partial charge in [-0.05, 0) is 37.8 Å². The van der Waals surface area contributed by atoms with Crippen molar-refractivity contribution < 1.29 is 0 Å². The quantitative estimate of drug-likeness (QED) is 0.856. The summed E-state index contributed by atoms with van der Waals surface area (Å²) >= 11 is 0. The highest BCUT2D eigenvalue weighted by Crippen LogP contribution is 2.27. The molecule has 100 valence electrons. The highest BCUT2D eigenvalue weighted by molar-refractivity contribution is 5.24. The number of nitrogens with one attached hydrogen (secondary N) is 2. The molecule has 0 aromatic heterocycles. The molecule has 0 spiro atoms. The Morgan fingerprint density at radius 3 is 2.83 bits per heavy atom. The number of piperidine rings is 1. The van der Waals surface area contributed by atoms with Gasteiger partial charge in [0.2, 0.25) is 0 Å². The molecule has 2 heteroatoms. The van der Waals surface area contributed by atoms with Gasteiger partial charge < -0.3 is 10.6 Å².